The van der Waals surface area contributed by atoms with Gasteiger partial charge in [0.2, 0.25) is 0 Å². The van der Waals surface area contributed by atoms with E-state index in [1.807, 2.05) is 18.0 Å². The largest absolute Gasteiger partial charge is 0.391 e. The monoisotopic (exact) mass is 223 g/mol. The molecule has 1 saturated carbocycles. The molecule has 0 heterocycles. The summed E-state index contributed by atoms with van der Waals surface area (Å²) in [5, 5.41) is 9.18. The second kappa shape index (κ2) is 4.42. The molecule has 0 aromatic heterocycles. The van der Waals surface area contributed by atoms with Gasteiger partial charge in [0.15, 0.2) is 0 Å². The standard InChI is InChI=1S/C13H18FNO/c1-9-6-10(9)7-15(2)13-5-3-4-12(14)11(13)8-16/h3-5,9-10,16H,6-8H2,1-2H3. The molecule has 1 fully saturated rings. The van der Waals surface area contributed by atoms with Gasteiger partial charge in [-0.05, 0) is 30.4 Å². The first-order chi connectivity index (χ1) is 7.63. The third kappa shape index (κ3) is 2.19. The maximum Gasteiger partial charge on any atom is 0.130 e. The van der Waals surface area contributed by atoms with Crippen molar-refractivity contribution in [1.29, 1.82) is 0 Å². The van der Waals surface area contributed by atoms with Crippen molar-refractivity contribution < 1.29 is 9.50 Å². The molecular weight excluding hydrogens is 205 g/mol. The minimum atomic E-state index is -0.323. The summed E-state index contributed by atoms with van der Waals surface area (Å²) in [5.41, 5.74) is 1.21. The van der Waals surface area contributed by atoms with E-state index in [0.717, 1.165) is 24.1 Å². The quantitative estimate of drug-likeness (QED) is 0.847. The summed E-state index contributed by atoms with van der Waals surface area (Å²) in [6.07, 6.45) is 1.26. The number of aliphatic hydroxyl groups is 1. The highest BCUT2D eigenvalue weighted by molar-refractivity contribution is 5.53. The van der Waals surface area contributed by atoms with Crippen LogP contribution in [-0.2, 0) is 6.61 Å². The zero-order valence-electron chi connectivity index (χ0n) is 9.78. The molecule has 1 aliphatic carbocycles. The Bertz CT molecular complexity index is 380. The molecule has 3 heteroatoms. The van der Waals surface area contributed by atoms with Crippen LogP contribution >= 0.6 is 0 Å². The highest BCUT2D eigenvalue weighted by Crippen LogP contribution is 2.39. The van der Waals surface area contributed by atoms with Crippen molar-refractivity contribution in [3.05, 3.63) is 29.6 Å². The van der Waals surface area contributed by atoms with E-state index < -0.39 is 0 Å². The Morgan fingerprint density at radius 1 is 1.50 bits per heavy atom. The van der Waals surface area contributed by atoms with Crippen molar-refractivity contribution in [3.8, 4) is 0 Å². The van der Waals surface area contributed by atoms with Crippen LogP contribution in [0, 0.1) is 17.7 Å². The molecule has 2 unspecified atom stereocenters. The summed E-state index contributed by atoms with van der Waals surface area (Å²) in [6, 6.07) is 4.95. The summed E-state index contributed by atoms with van der Waals surface area (Å²) in [6.45, 7) is 2.93. The summed E-state index contributed by atoms with van der Waals surface area (Å²) >= 11 is 0. The van der Waals surface area contributed by atoms with E-state index in [4.69, 9.17) is 0 Å². The Hall–Kier alpha value is -1.09. The van der Waals surface area contributed by atoms with Crippen LogP contribution < -0.4 is 4.90 Å². The van der Waals surface area contributed by atoms with Crippen LogP contribution in [0.3, 0.4) is 0 Å². The van der Waals surface area contributed by atoms with E-state index in [1.165, 1.54) is 12.5 Å². The third-order valence-electron chi connectivity index (χ3n) is 3.45. The maximum atomic E-state index is 13.5. The lowest BCUT2D eigenvalue weighted by Gasteiger charge is -2.22. The van der Waals surface area contributed by atoms with Crippen LogP contribution in [0.25, 0.3) is 0 Å². The zero-order chi connectivity index (χ0) is 11.7. The molecule has 2 nitrogen and oxygen atoms in total. The number of anilines is 1. The number of hydrogen-bond acceptors (Lipinski definition) is 2. The fourth-order valence-electron chi connectivity index (χ4n) is 2.16. The van der Waals surface area contributed by atoms with Crippen LogP contribution in [0.5, 0.6) is 0 Å². The van der Waals surface area contributed by atoms with E-state index in [2.05, 4.69) is 6.92 Å². The lowest BCUT2D eigenvalue weighted by Crippen LogP contribution is -2.22. The van der Waals surface area contributed by atoms with Crippen LogP contribution in [-0.4, -0.2) is 18.7 Å². The van der Waals surface area contributed by atoms with Gasteiger partial charge in [-0.25, -0.2) is 4.39 Å². The van der Waals surface area contributed by atoms with Gasteiger partial charge in [-0.3, -0.25) is 0 Å². The summed E-state index contributed by atoms with van der Waals surface area (Å²) < 4.78 is 13.5. The molecule has 88 valence electrons. The molecule has 2 atom stereocenters. The zero-order valence-corrected chi connectivity index (χ0v) is 9.78. The fourth-order valence-corrected chi connectivity index (χ4v) is 2.16. The first-order valence-electron chi connectivity index (χ1n) is 5.73. The van der Waals surface area contributed by atoms with E-state index in [0.29, 0.717) is 5.56 Å². The minimum Gasteiger partial charge on any atom is -0.391 e. The highest BCUT2D eigenvalue weighted by atomic mass is 19.1. The second-order valence-corrected chi connectivity index (χ2v) is 4.75. The molecule has 1 aromatic carbocycles. The number of aliphatic hydroxyl groups excluding tert-OH is 1. The second-order valence-electron chi connectivity index (χ2n) is 4.75. The average molecular weight is 223 g/mol. The number of rotatable bonds is 4. The lowest BCUT2D eigenvalue weighted by molar-refractivity contribution is 0.276. The van der Waals surface area contributed by atoms with Crippen molar-refractivity contribution >= 4 is 5.69 Å². The van der Waals surface area contributed by atoms with Crippen molar-refractivity contribution in [2.75, 3.05) is 18.5 Å². The van der Waals surface area contributed by atoms with Gasteiger partial charge in [0.1, 0.15) is 5.82 Å². The fraction of sp³-hybridized carbons (Fsp3) is 0.538. The van der Waals surface area contributed by atoms with Crippen LogP contribution in [0.15, 0.2) is 18.2 Å². The molecule has 0 aliphatic heterocycles. The third-order valence-corrected chi connectivity index (χ3v) is 3.45. The normalized spacial score (nSPS) is 23.2. The van der Waals surface area contributed by atoms with Gasteiger partial charge in [0.05, 0.1) is 6.61 Å². The number of benzene rings is 1. The van der Waals surface area contributed by atoms with Crippen molar-refractivity contribution in [2.24, 2.45) is 11.8 Å². The Morgan fingerprint density at radius 3 is 2.75 bits per heavy atom. The summed E-state index contributed by atoms with van der Waals surface area (Å²) in [4.78, 5) is 2.04. The van der Waals surface area contributed by atoms with E-state index in [1.54, 1.807) is 6.07 Å². The van der Waals surface area contributed by atoms with Crippen molar-refractivity contribution in [2.45, 2.75) is 20.0 Å². The minimum absolute atomic E-state index is 0.243. The van der Waals surface area contributed by atoms with Crippen molar-refractivity contribution in [1.82, 2.24) is 0 Å². The molecule has 16 heavy (non-hydrogen) atoms. The van der Waals surface area contributed by atoms with E-state index in [-0.39, 0.29) is 12.4 Å². The van der Waals surface area contributed by atoms with Gasteiger partial charge in [0.25, 0.3) is 0 Å². The molecule has 1 N–H and O–H groups in total. The lowest BCUT2D eigenvalue weighted by atomic mass is 10.1. The van der Waals surface area contributed by atoms with Crippen LogP contribution in [0.1, 0.15) is 18.9 Å². The van der Waals surface area contributed by atoms with Crippen LogP contribution in [0.4, 0.5) is 10.1 Å². The van der Waals surface area contributed by atoms with E-state index >= 15 is 0 Å². The van der Waals surface area contributed by atoms with Crippen molar-refractivity contribution in [3.63, 3.8) is 0 Å². The highest BCUT2D eigenvalue weighted by Gasteiger charge is 2.33. The molecule has 1 aliphatic rings. The predicted octanol–water partition coefficient (Wildman–Crippen LogP) is 2.41. The van der Waals surface area contributed by atoms with Gasteiger partial charge < -0.3 is 10.0 Å². The van der Waals surface area contributed by atoms with Gasteiger partial charge >= 0.3 is 0 Å². The smallest absolute Gasteiger partial charge is 0.130 e. The maximum absolute atomic E-state index is 13.5. The topological polar surface area (TPSA) is 23.5 Å². The average Bonchev–Trinajstić information content (AvgIpc) is 2.93. The Morgan fingerprint density at radius 2 is 2.19 bits per heavy atom. The van der Waals surface area contributed by atoms with Gasteiger partial charge in [-0.15, -0.1) is 0 Å². The molecule has 0 amide bonds. The summed E-state index contributed by atoms with van der Waals surface area (Å²) in [5.74, 6) is 1.18. The number of nitrogens with zero attached hydrogens (tertiary/aromatic N) is 1. The molecular formula is C13H18FNO. The molecule has 0 bridgehead atoms. The molecule has 2 rings (SSSR count). The summed E-state index contributed by atoms with van der Waals surface area (Å²) in [7, 11) is 1.96. The Kier molecular flexibility index (Phi) is 3.15. The van der Waals surface area contributed by atoms with Gasteiger partial charge in [-0.1, -0.05) is 13.0 Å². The van der Waals surface area contributed by atoms with Gasteiger partial charge in [-0.2, -0.15) is 0 Å². The SMILES string of the molecule is CC1CC1CN(C)c1cccc(F)c1CO. The molecule has 0 radical (unpaired) electrons. The molecule has 0 spiro atoms. The van der Waals surface area contributed by atoms with E-state index in [9.17, 15) is 9.50 Å². The predicted molar refractivity (Wildman–Crippen MR) is 62.9 cm³/mol. The Labute approximate surface area is 95.7 Å². The number of hydrogen-bond donors (Lipinski definition) is 1. The molecule has 0 saturated heterocycles. The molecule has 1 aromatic rings. The number of halogens is 1. The Balaban J connectivity index is 2.15. The first-order valence-corrected chi connectivity index (χ1v) is 5.73. The van der Waals surface area contributed by atoms with Gasteiger partial charge in [0, 0.05) is 24.8 Å². The first kappa shape index (κ1) is 11.4. The van der Waals surface area contributed by atoms with Crippen LogP contribution in [0.2, 0.25) is 0 Å².